The molecule has 1 rings (SSSR count). The van der Waals surface area contributed by atoms with Crippen molar-refractivity contribution in [1.29, 1.82) is 5.41 Å². The van der Waals surface area contributed by atoms with Crippen LogP contribution in [0.1, 0.15) is 31.9 Å². The van der Waals surface area contributed by atoms with Crippen LogP contribution in [-0.2, 0) is 11.3 Å². The van der Waals surface area contributed by atoms with E-state index in [4.69, 9.17) is 15.9 Å². The molecule has 94 valence electrons. The largest absolute Gasteiger partial charge is 0.384 e. The topological polar surface area (TPSA) is 59.1 Å². The zero-order chi connectivity index (χ0) is 13.0. The van der Waals surface area contributed by atoms with Gasteiger partial charge in [-0.2, -0.15) is 0 Å². The molecule has 0 aliphatic rings. The predicted octanol–water partition coefficient (Wildman–Crippen LogP) is 2.67. The zero-order valence-electron chi connectivity index (χ0n) is 10.5. The van der Waals surface area contributed by atoms with Crippen LogP contribution in [0.15, 0.2) is 18.2 Å². The normalized spacial score (nSPS) is 12.8. The quantitative estimate of drug-likeness (QED) is 0.612. The summed E-state index contributed by atoms with van der Waals surface area (Å²) in [6, 6.07) is 4.50. The lowest BCUT2D eigenvalue weighted by Gasteiger charge is -2.16. The van der Waals surface area contributed by atoms with Crippen LogP contribution in [0.2, 0.25) is 0 Å². The second kappa shape index (κ2) is 5.77. The van der Waals surface area contributed by atoms with Crippen LogP contribution < -0.4 is 5.73 Å². The monoisotopic (exact) mass is 238 g/mol. The number of rotatable bonds is 5. The van der Waals surface area contributed by atoms with Gasteiger partial charge < -0.3 is 10.5 Å². The SMILES string of the molecule is CC(C)C(C)OCc1ccc(C(=N)N)cc1F. The minimum absolute atomic E-state index is 0.0851. The fourth-order valence-electron chi connectivity index (χ4n) is 1.25. The molecule has 1 unspecified atom stereocenters. The van der Waals surface area contributed by atoms with Crippen molar-refractivity contribution in [3.63, 3.8) is 0 Å². The van der Waals surface area contributed by atoms with E-state index in [0.717, 1.165) is 0 Å². The van der Waals surface area contributed by atoms with Gasteiger partial charge in [0.2, 0.25) is 0 Å². The van der Waals surface area contributed by atoms with Gasteiger partial charge in [-0.25, -0.2) is 4.39 Å². The van der Waals surface area contributed by atoms with Crippen LogP contribution in [0.3, 0.4) is 0 Å². The second-order valence-corrected chi connectivity index (χ2v) is 4.48. The van der Waals surface area contributed by atoms with E-state index in [1.165, 1.54) is 6.07 Å². The van der Waals surface area contributed by atoms with Crippen molar-refractivity contribution < 1.29 is 9.13 Å². The highest BCUT2D eigenvalue weighted by molar-refractivity contribution is 5.94. The van der Waals surface area contributed by atoms with E-state index in [1.807, 2.05) is 6.92 Å². The number of hydrogen-bond acceptors (Lipinski definition) is 2. The first-order chi connectivity index (χ1) is 7.91. The van der Waals surface area contributed by atoms with Crippen molar-refractivity contribution in [3.8, 4) is 0 Å². The molecule has 3 nitrogen and oxygen atoms in total. The Morgan fingerprint density at radius 2 is 2.06 bits per heavy atom. The number of ether oxygens (including phenoxy) is 1. The van der Waals surface area contributed by atoms with E-state index < -0.39 is 0 Å². The molecule has 0 bridgehead atoms. The summed E-state index contributed by atoms with van der Waals surface area (Å²) in [5.41, 5.74) is 6.16. The smallest absolute Gasteiger partial charge is 0.129 e. The maximum absolute atomic E-state index is 13.6. The number of nitrogens with two attached hydrogens (primary N) is 1. The number of hydrogen-bond donors (Lipinski definition) is 2. The van der Waals surface area contributed by atoms with Gasteiger partial charge in [-0.05, 0) is 18.9 Å². The Morgan fingerprint density at radius 1 is 1.41 bits per heavy atom. The average Bonchev–Trinajstić information content (AvgIpc) is 2.26. The van der Waals surface area contributed by atoms with Crippen molar-refractivity contribution in [2.45, 2.75) is 33.5 Å². The molecule has 0 radical (unpaired) electrons. The number of nitrogen functional groups attached to an aromatic ring is 1. The van der Waals surface area contributed by atoms with Crippen LogP contribution in [0, 0.1) is 17.1 Å². The number of nitrogens with one attached hydrogen (secondary N) is 1. The van der Waals surface area contributed by atoms with Gasteiger partial charge >= 0.3 is 0 Å². The van der Waals surface area contributed by atoms with Crippen molar-refractivity contribution in [2.24, 2.45) is 11.7 Å². The lowest BCUT2D eigenvalue weighted by molar-refractivity contribution is 0.0221. The highest BCUT2D eigenvalue weighted by Crippen LogP contribution is 2.14. The third-order valence-electron chi connectivity index (χ3n) is 2.80. The molecule has 4 heteroatoms. The third kappa shape index (κ3) is 3.82. The summed E-state index contributed by atoms with van der Waals surface area (Å²) in [6.45, 7) is 6.32. The number of halogens is 1. The number of amidine groups is 1. The van der Waals surface area contributed by atoms with Gasteiger partial charge in [0, 0.05) is 11.1 Å². The standard InChI is InChI=1S/C13H19FN2O/c1-8(2)9(3)17-7-11-5-4-10(13(15)16)6-12(11)14/h4-6,8-9H,7H2,1-3H3,(H3,15,16). The molecule has 0 heterocycles. The van der Waals surface area contributed by atoms with Gasteiger partial charge in [-0.3, -0.25) is 5.41 Å². The van der Waals surface area contributed by atoms with Crippen LogP contribution in [0.4, 0.5) is 4.39 Å². The first kappa shape index (κ1) is 13.6. The molecule has 1 aromatic carbocycles. The molecule has 1 aromatic rings. The highest BCUT2D eigenvalue weighted by atomic mass is 19.1. The van der Waals surface area contributed by atoms with Crippen molar-refractivity contribution in [1.82, 2.24) is 0 Å². The zero-order valence-corrected chi connectivity index (χ0v) is 10.5. The first-order valence-electron chi connectivity index (χ1n) is 5.66. The molecule has 17 heavy (non-hydrogen) atoms. The summed E-state index contributed by atoms with van der Waals surface area (Å²) in [4.78, 5) is 0. The fraction of sp³-hybridized carbons (Fsp3) is 0.462. The predicted molar refractivity (Wildman–Crippen MR) is 66.5 cm³/mol. The summed E-state index contributed by atoms with van der Waals surface area (Å²) in [5, 5.41) is 7.21. The Hall–Kier alpha value is -1.42. The van der Waals surface area contributed by atoms with Crippen LogP contribution in [-0.4, -0.2) is 11.9 Å². The summed E-state index contributed by atoms with van der Waals surface area (Å²) in [5.74, 6) is -0.116. The Morgan fingerprint density at radius 3 is 2.53 bits per heavy atom. The van der Waals surface area contributed by atoms with Gasteiger partial charge in [0.05, 0.1) is 12.7 Å². The Bertz CT molecular complexity index is 404. The third-order valence-corrected chi connectivity index (χ3v) is 2.80. The summed E-state index contributed by atoms with van der Waals surface area (Å²) in [7, 11) is 0. The van der Waals surface area contributed by atoms with Gasteiger partial charge in [-0.1, -0.05) is 26.0 Å². The fourth-order valence-corrected chi connectivity index (χ4v) is 1.25. The molecule has 0 aliphatic carbocycles. The van der Waals surface area contributed by atoms with Crippen molar-refractivity contribution in [2.75, 3.05) is 0 Å². The van der Waals surface area contributed by atoms with Gasteiger partial charge in [0.1, 0.15) is 11.7 Å². The summed E-state index contributed by atoms with van der Waals surface area (Å²) < 4.78 is 19.2. The number of benzene rings is 1. The molecule has 0 saturated carbocycles. The maximum Gasteiger partial charge on any atom is 0.129 e. The van der Waals surface area contributed by atoms with Gasteiger partial charge in [0.25, 0.3) is 0 Å². The molecule has 1 atom stereocenters. The van der Waals surface area contributed by atoms with E-state index in [9.17, 15) is 4.39 Å². The van der Waals surface area contributed by atoms with E-state index in [2.05, 4.69) is 13.8 Å². The molecule has 0 aromatic heterocycles. The molecule has 0 saturated heterocycles. The van der Waals surface area contributed by atoms with Crippen LogP contribution in [0.5, 0.6) is 0 Å². The minimum atomic E-state index is -0.381. The van der Waals surface area contributed by atoms with Crippen molar-refractivity contribution >= 4 is 5.84 Å². The Balaban J connectivity index is 2.70. The molecule has 3 N–H and O–H groups in total. The summed E-state index contributed by atoms with van der Waals surface area (Å²) in [6.07, 6.45) is 0.0851. The van der Waals surface area contributed by atoms with Crippen LogP contribution >= 0.6 is 0 Å². The van der Waals surface area contributed by atoms with E-state index >= 15 is 0 Å². The molecule has 0 amide bonds. The van der Waals surface area contributed by atoms with E-state index in [0.29, 0.717) is 17.0 Å². The Labute approximate surface area is 101 Å². The first-order valence-corrected chi connectivity index (χ1v) is 5.66. The average molecular weight is 238 g/mol. The van der Waals surface area contributed by atoms with Gasteiger partial charge in [-0.15, -0.1) is 0 Å². The van der Waals surface area contributed by atoms with Crippen molar-refractivity contribution in [3.05, 3.63) is 35.1 Å². The van der Waals surface area contributed by atoms with Gasteiger partial charge in [0.15, 0.2) is 0 Å². The summed E-state index contributed by atoms with van der Waals surface area (Å²) >= 11 is 0. The molecular formula is C13H19FN2O. The lowest BCUT2D eigenvalue weighted by Crippen LogP contribution is -2.16. The Kier molecular flexibility index (Phi) is 4.63. The van der Waals surface area contributed by atoms with E-state index in [1.54, 1.807) is 12.1 Å². The highest BCUT2D eigenvalue weighted by Gasteiger charge is 2.10. The van der Waals surface area contributed by atoms with Crippen LogP contribution in [0.25, 0.3) is 0 Å². The maximum atomic E-state index is 13.6. The lowest BCUT2D eigenvalue weighted by atomic mass is 10.1. The molecule has 0 fully saturated rings. The second-order valence-electron chi connectivity index (χ2n) is 4.48. The molecule has 0 aliphatic heterocycles. The minimum Gasteiger partial charge on any atom is -0.384 e. The van der Waals surface area contributed by atoms with E-state index in [-0.39, 0.29) is 24.4 Å². The molecule has 0 spiro atoms. The molecular weight excluding hydrogens is 219 g/mol.